The van der Waals surface area contributed by atoms with Gasteiger partial charge < -0.3 is 0 Å². The molecule has 1 aromatic carbocycles. The molecule has 0 spiro atoms. The van der Waals surface area contributed by atoms with Gasteiger partial charge in [-0.2, -0.15) is 26.3 Å². The van der Waals surface area contributed by atoms with E-state index in [1.165, 1.54) is 0 Å². The van der Waals surface area contributed by atoms with Gasteiger partial charge in [0.15, 0.2) is 0 Å². The van der Waals surface area contributed by atoms with E-state index in [0.717, 1.165) is 0 Å². The highest BCUT2D eigenvalue weighted by atomic mass is 32.2. The van der Waals surface area contributed by atoms with E-state index in [1.807, 2.05) is 0 Å². The third-order valence-corrected chi connectivity index (χ3v) is 2.46. The van der Waals surface area contributed by atoms with Gasteiger partial charge in [0.25, 0.3) is 0 Å². The van der Waals surface area contributed by atoms with Gasteiger partial charge in [0.2, 0.25) is 0 Å². The van der Waals surface area contributed by atoms with E-state index in [2.05, 4.69) is 0 Å². The summed E-state index contributed by atoms with van der Waals surface area (Å²) in [6.45, 7) is 0. The van der Waals surface area contributed by atoms with Crippen LogP contribution in [0.3, 0.4) is 0 Å². The first-order valence-electron chi connectivity index (χ1n) is 4.13. The van der Waals surface area contributed by atoms with Gasteiger partial charge >= 0.3 is 12.4 Å². The van der Waals surface area contributed by atoms with Crippen molar-refractivity contribution in [3.05, 3.63) is 29.3 Å². The molecule has 0 aliphatic carbocycles. The molecule has 8 heteroatoms. The van der Waals surface area contributed by atoms with Gasteiger partial charge in [-0.15, -0.1) is 0 Å². The smallest absolute Gasteiger partial charge is 0.239 e. The zero-order chi connectivity index (χ0) is 13.3. The SMILES string of the molecule is FCSc1cc(C(F)(F)F)cc(C(F)(F)F)c1. The van der Waals surface area contributed by atoms with Crippen molar-refractivity contribution < 1.29 is 30.7 Å². The summed E-state index contributed by atoms with van der Waals surface area (Å²) in [5.41, 5.74) is -2.88. The highest BCUT2D eigenvalue weighted by molar-refractivity contribution is 7.99. The van der Waals surface area contributed by atoms with Gasteiger partial charge in [-0.3, -0.25) is 0 Å². The molecule has 0 unspecified atom stereocenters. The van der Waals surface area contributed by atoms with Crippen molar-refractivity contribution in [2.75, 3.05) is 6.01 Å². The molecule has 0 heterocycles. The van der Waals surface area contributed by atoms with E-state index < -0.39 is 34.4 Å². The van der Waals surface area contributed by atoms with Crippen molar-refractivity contribution in [1.82, 2.24) is 0 Å². The van der Waals surface area contributed by atoms with Gasteiger partial charge in [0.1, 0.15) is 6.01 Å². The lowest BCUT2D eigenvalue weighted by atomic mass is 10.1. The molecule has 0 N–H and O–H groups in total. The standard InChI is InChI=1S/C9H5F7S/c10-4-17-7-2-5(8(11,12)13)1-6(3-7)9(14,15)16/h1-3H,4H2. The number of rotatable bonds is 2. The fourth-order valence-electron chi connectivity index (χ4n) is 1.07. The normalized spacial score (nSPS) is 12.9. The summed E-state index contributed by atoms with van der Waals surface area (Å²) >= 11 is 0.269. The summed E-state index contributed by atoms with van der Waals surface area (Å²) < 4.78 is 85.8. The Kier molecular flexibility index (Phi) is 3.95. The molecular weight excluding hydrogens is 273 g/mol. The number of hydrogen-bond donors (Lipinski definition) is 0. The highest BCUT2D eigenvalue weighted by Gasteiger charge is 2.36. The van der Waals surface area contributed by atoms with E-state index in [1.54, 1.807) is 0 Å². The minimum absolute atomic E-state index is 0.00227. The van der Waals surface area contributed by atoms with Gasteiger partial charge in [0.05, 0.1) is 11.1 Å². The van der Waals surface area contributed by atoms with Crippen molar-refractivity contribution >= 4 is 11.8 Å². The van der Waals surface area contributed by atoms with Crippen LogP contribution in [0.25, 0.3) is 0 Å². The van der Waals surface area contributed by atoms with Crippen LogP contribution < -0.4 is 0 Å². The van der Waals surface area contributed by atoms with Crippen LogP contribution in [-0.2, 0) is 12.4 Å². The molecule has 0 saturated carbocycles. The molecule has 0 amide bonds. The fraction of sp³-hybridized carbons (Fsp3) is 0.333. The van der Waals surface area contributed by atoms with Crippen LogP contribution in [-0.4, -0.2) is 6.01 Å². The van der Waals surface area contributed by atoms with Crippen LogP contribution >= 0.6 is 11.8 Å². The first-order valence-corrected chi connectivity index (χ1v) is 5.11. The molecule has 0 radical (unpaired) electrons. The number of alkyl halides is 7. The Labute approximate surface area is 95.8 Å². The number of thioether (sulfide) groups is 1. The van der Waals surface area contributed by atoms with Crippen LogP contribution in [0.4, 0.5) is 30.7 Å². The molecule has 0 aliphatic rings. The minimum Gasteiger partial charge on any atom is -0.239 e. The Morgan fingerprint density at radius 2 is 1.24 bits per heavy atom. The molecule has 0 fully saturated rings. The van der Waals surface area contributed by atoms with Crippen molar-refractivity contribution in [3.63, 3.8) is 0 Å². The van der Waals surface area contributed by atoms with Crippen molar-refractivity contribution in [3.8, 4) is 0 Å². The molecule has 0 aliphatic heterocycles. The van der Waals surface area contributed by atoms with Gasteiger partial charge in [0, 0.05) is 4.90 Å². The van der Waals surface area contributed by atoms with Crippen LogP contribution in [0, 0.1) is 0 Å². The Hall–Kier alpha value is -0.920. The van der Waals surface area contributed by atoms with Gasteiger partial charge in [-0.1, -0.05) is 11.8 Å². The molecular formula is C9H5F7S. The average molecular weight is 278 g/mol. The van der Waals surface area contributed by atoms with Crippen LogP contribution in [0.5, 0.6) is 0 Å². The third kappa shape index (κ3) is 3.79. The summed E-state index contributed by atoms with van der Waals surface area (Å²) in [5, 5.41) is 0. The second kappa shape index (κ2) is 4.75. The lowest BCUT2D eigenvalue weighted by Crippen LogP contribution is -2.10. The lowest BCUT2D eigenvalue weighted by Gasteiger charge is -2.13. The minimum atomic E-state index is -4.90. The highest BCUT2D eigenvalue weighted by Crippen LogP contribution is 2.38. The van der Waals surface area contributed by atoms with E-state index in [0.29, 0.717) is 12.1 Å². The molecule has 0 atom stereocenters. The maximum Gasteiger partial charge on any atom is 0.416 e. The summed E-state index contributed by atoms with van der Waals surface area (Å²) in [6, 6.07) is -0.125. The zero-order valence-corrected chi connectivity index (χ0v) is 8.81. The second-order valence-electron chi connectivity index (χ2n) is 3.00. The maximum absolute atomic E-state index is 12.3. The summed E-state index contributed by atoms with van der Waals surface area (Å²) in [4.78, 5) is -0.408. The van der Waals surface area contributed by atoms with Gasteiger partial charge in [-0.25, -0.2) is 4.39 Å². The molecule has 1 aromatic rings. The number of hydrogen-bond acceptors (Lipinski definition) is 1. The van der Waals surface area contributed by atoms with Crippen molar-refractivity contribution in [2.45, 2.75) is 17.2 Å². The average Bonchev–Trinajstić information content (AvgIpc) is 2.15. The zero-order valence-electron chi connectivity index (χ0n) is 7.99. The van der Waals surface area contributed by atoms with E-state index in [4.69, 9.17) is 0 Å². The maximum atomic E-state index is 12.3. The van der Waals surface area contributed by atoms with Crippen LogP contribution in [0.15, 0.2) is 23.1 Å². The predicted octanol–water partition coefficient (Wildman–Crippen LogP) is 4.74. The Morgan fingerprint density at radius 3 is 1.53 bits per heavy atom. The first kappa shape index (κ1) is 14.1. The molecule has 0 nitrogen and oxygen atoms in total. The summed E-state index contributed by atoms with van der Waals surface area (Å²) in [6.07, 6.45) is -9.79. The van der Waals surface area contributed by atoms with E-state index >= 15 is 0 Å². The third-order valence-electron chi connectivity index (χ3n) is 1.78. The van der Waals surface area contributed by atoms with E-state index in [9.17, 15) is 30.7 Å². The largest absolute Gasteiger partial charge is 0.416 e. The predicted molar refractivity (Wildman–Crippen MR) is 48.3 cm³/mol. The molecule has 17 heavy (non-hydrogen) atoms. The molecule has 0 bridgehead atoms. The Morgan fingerprint density at radius 1 is 0.824 bits per heavy atom. The second-order valence-corrected chi connectivity index (χ2v) is 3.97. The quantitative estimate of drug-likeness (QED) is 0.556. The summed E-state index contributed by atoms with van der Waals surface area (Å²) in [5.74, 6) is 0. The lowest BCUT2D eigenvalue weighted by molar-refractivity contribution is -0.143. The van der Waals surface area contributed by atoms with Crippen molar-refractivity contribution in [2.24, 2.45) is 0 Å². The Balaban J connectivity index is 3.29. The first-order chi connectivity index (χ1) is 7.64. The molecule has 96 valence electrons. The summed E-state index contributed by atoms with van der Waals surface area (Å²) in [7, 11) is 0. The molecule has 0 aromatic heterocycles. The molecule has 1 rings (SSSR count). The monoisotopic (exact) mass is 278 g/mol. The number of benzene rings is 1. The number of halogens is 7. The Bertz CT molecular complexity index is 361. The fourth-order valence-corrected chi connectivity index (χ4v) is 1.62. The molecule has 0 saturated heterocycles. The van der Waals surface area contributed by atoms with Crippen molar-refractivity contribution in [1.29, 1.82) is 0 Å². The van der Waals surface area contributed by atoms with Crippen LogP contribution in [0.2, 0.25) is 0 Å². The van der Waals surface area contributed by atoms with Gasteiger partial charge in [-0.05, 0) is 18.2 Å². The van der Waals surface area contributed by atoms with Crippen LogP contribution in [0.1, 0.15) is 11.1 Å². The van der Waals surface area contributed by atoms with E-state index in [-0.39, 0.29) is 17.8 Å². The topological polar surface area (TPSA) is 0 Å².